The van der Waals surface area contributed by atoms with Crippen molar-refractivity contribution in [2.75, 3.05) is 5.73 Å². The maximum Gasteiger partial charge on any atom is 0.178 e. The number of halogens is 1. The zero-order chi connectivity index (χ0) is 11.8. The summed E-state index contributed by atoms with van der Waals surface area (Å²) in [5, 5.41) is 0. The minimum absolute atomic E-state index is 0.369. The Morgan fingerprint density at radius 3 is 2.65 bits per heavy atom. The highest BCUT2D eigenvalue weighted by atomic mass is 19.1. The van der Waals surface area contributed by atoms with Crippen LogP contribution in [0.2, 0.25) is 0 Å². The lowest BCUT2D eigenvalue weighted by molar-refractivity contribution is 0.621. The molecule has 86 valence electrons. The van der Waals surface area contributed by atoms with E-state index in [4.69, 9.17) is 5.73 Å². The van der Waals surface area contributed by atoms with Crippen LogP contribution in [0.15, 0.2) is 24.5 Å². The number of hydrogen-bond donors (Lipinski definition) is 1. The third-order valence-corrected chi connectivity index (χ3v) is 2.77. The Bertz CT molecular complexity index is 549. The van der Waals surface area contributed by atoms with Crippen molar-refractivity contribution in [2.45, 2.75) is 18.8 Å². The summed E-state index contributed by atoms with van der Waals surface area (Å²) in [4.78, 5) is 12.5. The maximum atomic E-state index is 12.8. The molecule has 5 heteroatoms. The Morgan fingerprint density at radius 2 is 2.00 bits per heavy atom. The van der Waals surface area contributed by atoms with E-state index in [0.29, 0.717) is 23.1 Å². The van der Waals surface area contributed by atoms with Gasteiger partial charge in [-0.3, -0.25) is 0 Å². The van der Waals surface area contributed by atoms with Crippen LogP contribution in [0, 0.1) is 5.82 Å². The second-order valence-corrected chi connectivity index (χ2v) is 4.17. The normalized spacial score (nSPS) is 14.9. The number of nitrogen functional groups attached to an aromatic ring is 1. The zero-order valence-corrected chi connectivity index (χ0v) is 9.10. The van der Waals surface area contributed by atoms with Gasteiger partial charge < -0.3 is 5.73 Å². The first-order valence-electron chi connectivity index (χ1n) is 5.48. The van der Waals surface area contributed by atoms with Gasteiger partial charge in [-0.05, 0) is 25.0 Å². The first kappa shape index (κ1) is 10.1. The molecule has 4 nitrogen and oxygen atoms in total. The van der Waals surface area contributed by atoms with E-state index in [-0.39, 0.29) is 5.82 Å². The molecule has 0 radical (unpaired) electrons. The van der Waals surface area contributed by atoms with Gasteiger partial charge in [-0.25, -0.2) is 19.3 Å². The number of nitrogens with zero attached hydrogens (tertiary/aromatic N) is 3. The molecule has 0 saturated heterocycles. The van der Waals surface area contributed by atoms with E-state index in [1.165, 1.54) is 6.07 Å². The largest absolute Gasteiger partial charge is 0.396 e. The summed E-state index contributed by atoms with van der Waals surface area (Å²) in [6.45, 7) is 0. The number of aromatic nitrogens is 3. The summed E-state index contributed by atoms with van der Waals surface area (Å²) in [5.74, 6) is 0.588. The average Bonchev–Trinajstić information content (AvgIpc) is 3.15. The van der Waals surface area contributed by atoms with Crippen molar-refractivity contribution in [2.24, 2.45) is 0 Å². The van der Waals surface area contributed by atoms with Crippen LogP contribution in [0.1, 0.15) is 24.5 Å². The maximum absolute atomic E-state index is 12.8. The molecule has 0 spiro atoms. The lowest BCUT2D eigenvalue weighted by Gasteiger charge is -2.05. The number of nitrogens with two attached hydrogens (primary N) is 1. The van der Waals surface area contributed by atoms with Crippen LogP contribution >= 0.6 is 0 Å². The molecule has 2 N–H and O–H groups in total. The van der Waals surface area contributed by atoms with E-state index in [1.54, 1.807) is 12.3 Å². The van der Waals surface area contributed by atoms with Gasteiger partial charge in [0, 0.05) is 5.92 Å². The monoisotopic (exact) mass is 230 g/mol. The predicted octanol–water partition coefficient (Wildman–Crippen LogP) is 2.14. The number of rotatable bonds is 2. The molecule has 1 aliphatic carbocycles. The average molecular weight is 230 g/mol. The van der Waals surface area contributed by atoms with E-state index < -0.39 is 0 Å². The topological polar surface area (TPSA) is 64.7 Å². The molecule has 0 unspecified atom stereocenters. The molecule has 1 saturated carbocycles. The fourth-order valence-corrected chi connectivity index (χ4v) is 1.72. The predicted molar refractivity (Wildman–Crippen MR) is 61.6 cm³/mol. The van der Waals surface area contributed by atoms with Crippen molar-refractivity contribution in [1.29, 1.82) is 0 Å². The second-order valence-electron chi connectivity index (χ2n) is 4.17. The Balaban J connectivity index is 2.02. The van der Waals surface area contributed by atoms with Crippen molar-refractivity contribution in [3.05, 3.63) is 36.0 Å². The van der Waals surface area contributed by atoms with Gasteiger partial charge in [0.15, 0.2) is 5.82 Å². The van der Waals surface area contributed by atoms with Crippen molar-refractivity contribution >= 4 is 5.69 Å². The van der Waals surface area contributed by atoms with Crippen molar-refractivity contribution in [3.8, 4) is 11.5 Å². The summed E-state index contributed by atoms with van der Waals surface area (Å²) in [7, 11) is 0. The highest BCUT2D eigenvalue weighted by Crippen LogP contribution is 2.41. The third kappa shape index (κ3) is 1.95. The Labute approximate surface area is 97.7 Å². The molecular formula is C12H11FN4. The number of anilines is 1. The first-order valence-corrected chi connectivity index (χ1v) is 5.48. The highest BCUT2D eigenvalue weighted by molar-refractivity contribution is 5.53. The smallest absolute Gasteiger partial charge is 0.178 e. The van der Waals surface area contributed by atoms with Gasteiger partial charge >= 0.3 is 0 Å². The SMILES string of the molecule is Nc1cnc(-c2ccc(F)cn2)nc1C1CC1. The van der Waals surface area contributed by atoms with Gasteiger partial charge in [0.05, 0.1) is 23.8 Å². The van der Waals surface area contributed by atoms with E-state index in [0.717, 1.165) is 24.7 Å². The fourth-order valence-electron chi connectivity index (χ4n) is 1.72. The molecule has 1 fully saturated rings. The molecule has 2 aromatic heterocycles. The molecule has 17 heavy (non-hydrogen) atoms. The lowest BCUT2D eigenvalue weighted by Crippen LogP contribution is -2.01. The zero-order valence-electron chi connectivity index (χ0n) is 9.10. The quantitative estimate of drug-likeness (QED) is 0.858. The fraction of sp³-hybridized carbons (Fsp3) is 0.250. The molecule has 2 aromatic rings. The van der Waals surface area contributed by atoms with Crippen LogP contribution in [0.5, 0.6) is 0 Å². The molecule has 3 rings (SSSR count). The minimum Gasteiger partial charge on any atom is -0.396 e. The van der Waals surface area contributed by atoms with Crippen LogP contribution in [0.4, 0.5) is 10.1 Å². The number of pyridine rings is 1. The van der Waals surface area contributed by atoms with Gasteiger partial charge in [0.2, 0.25) is 0 Å². The summed E-state index contributed by atoms with van der Waals surface area (Å²) in [6.07, 6.45) is 5.00. The van der Waals surface area contributed by atoms with Crippen LogP contribution in [0.25, 0.3) is 11.5 Å². The van der Waals surface area contributed by atoms with Crippen LogP contribution in [-0.2, 0) is 0 Å². The Hall–Kier alpha value is -2.04. The van der Waals surface area contributed by atoms with Gasteiger partial charge in [-0.1, -0.05) is 0 Å². The second kappa shape index (κ2) is 3.76. The van der Waals surface area contributed by atoms with Gasteiger partial charge in [-0.15, -0.1) is 0 Å². The molecule has 0 aromatic carbocycles. The van der Waals surface area contributed by atoms with Crippen molar-refractivity contribution in [3.63, 3.8) is 0 Å². The van der Waals surface area contributed by atoms with Crippen molar-refractivity contribution < 1.29 is 4.39 Å². The van der Waals surface area contributed by atoms with Gasteiger partial charge in [0.1, 0.15) is 11.5 Å². The van der Waals surface area contributed by atoms with E-state index in [1.807, 2.05) is 0 Å². The summed E-state index contributed by atoms with van der Waals surface area (Å²) in [6, 6.07) is 2.91. The molecule has 0 bridgehead atoms. The van der Waals surface area contributed by atoms with Gasteiger partial charge in [0.25, 0.3) is 0 Å². The van der Waals surface area contributed by atoms with Crippen LogP contribution in [-0.4, -0.2) is 15.0 Å². The molecule has 0 aliphatic heterocycles. The third-order valence-electron chi connectivity index (χ3n) is 2.77. The molecule has 0 atom stereocenters. The first-order chi connectivity index (χ1) is 8.24. The summed E-state index contributed by atoms with van der Waals surface area (Å²) in [5.41, 5.74) is 7.90. The molecule has 0 amide bonds. The van der Waals surface area contributed by atoms with Crippen molar-refractivity contribution in [1.82, 2.24) is 15.0 Å². The summed E-state index contributed by atoms with van der Waals surface area (Å²) >= 11 is 0. The van der Waals surface area contributed by atoms with Crippen LogP contribution < -0.4 is 5.73 Å². The lowest BCUT2D eigenvalue weighted by atomic mass is 10.2. The molecule has 2 heterocycles. The minimum atomic E-state index is -0.369. The molecular weight excluding hydrogens is 219 g/mol. The Kier molecular flexibility index (Phi) is 2.24. The highest BCUT2D eigenvalue weighted by Gasteiger charge is 2.27. The van der Waals surface area contributed by atoms with Crippen LogP contribution in [0.3, 0.4) is 0 Å². The van der Waals surface area contributed by atoms with E-state index in [2.05, 4.69) is 15.0 Å². The Morgan fingerprint density at radius 1 is 1.18 bits per heavy atom. The molecule has 1 aliphatic rings. The van der Waals surface area contributed by atoms with E-state index >= 15 is 0 Å². The van der Waals surface area contributed by atoms with Gasteiger partial charge in [-0.2, -0.15) is 0 Å². The number of hydrogen-bond acceptors (Lipinski definition) is 4. The van der Waals surface area contributed by atoms with E-state index in [9.17, 15) is 4.39 Å². The standard InChI is InChI=1S/C12H11FN4/c13-8-3-4-10(15-5-8)12-16-6-9(14)11(17-12)7-1-2-7/h3-7H,1-2,14H2. The summed E-state index contributed by atoms with van der Waals surface area (Å²) < 4.78 is 12.8.